The molecule has 4 heterocycles. The number of esters is 4. The second kappa shape index (κ2) is 60.0. The number of nitrogens with zero attached hydrogens (tertiary/aromatic N) is 8. The second-order valence-electron chi connectivity index (χ2n) is 34.9. The maximum absolute atomic E-state index is 13.1. The van der Waals surface area contributed by atoms with Crippen molar-refractivity contribution in [2.75, 3.05) is 78.8 Å². The van der Waals surface area contributed by atoms with Crippen LogP contribution in [0.5, 0.6) is 0 Å². The van der Waals surface area contributed by atoms with Crippen molar-refractivity contribution in [1.82, 2.24) is 19.6 Å². The first-order valence-corrected chi connectivity index (χ1v) is 48.8. The van der Waals surface area contributed by atoms with Gasteiger partial charge in [-0.2, -0.15) is 0 Å². The highest BCUT2D eigenvalue weighted by molar-refractivity contribution is 6.34. The van der Waals surface area contributed by atoms with Gasteiger partial charge in [0.05, 0.1) is 45.1 Å². The van der Waals surface area contributed by atoms with Crippen LogP contribution in [-0.2, 0) is 83.2 Å². The number of hydrogen-bond acceptors (Lipinski definition) is 20. The predicted octanol–water partition coefficient (Wildman–Crippen LogP) is 23.2. The Kier molecular flexibility index (Phi) is 51.0. The molecule has 0 spiro atoms. The summed E-state index contributed by atoms with van der Waals surface area (Å²) in [4.78, 5) is 130. The minimum Gasteiger partial charge on any atom is -0.459 e. The molecule has 738 valence electrons. The summed E-state index contributed by atoms with van der Waals surface area (Å²) in [5.41, 5.74) is 18.7. The molecule has 4 amide bonds. The molecule has 135 heavy (non-hydrogen) atoms. The van der Waals surface area contributed by atoms with Gasteiger partial charge in [-0.15, -0.1) is 0 Å². The number of oxime groups is 4. The van der Waals surface area contributed by atoms with E-state index in [-0.39, 0.29) is 99.7 Å². The van der Waals surface area contributed by atoms with Crippen LogP contribution in [0.4, 0.5) is 0 Å². The Balaban J connectivity index is 0.000000318. The topological polar surface area (TPSA) is 273 Å². The van der Waals surface area contributed by atoms with Crippen LogP contribution in [0.1, 0.15) is 296 Å². The maximum atomic E-state index is 13.1. The van der Waals surface area contributed by atoms with E-state index in [1.165, 1.54) is 0 Å². The molecule has 0 aliphatic carbocycles. The van der Waals surface area contributed by atoms with Crippen LogP contribution >= 0.6 is 34.8 Å². The first-order valence-electron chi connectivity index (χ1n) is 47.7. The minimum atomic E-state index is -0.398. The Morgan fingerprint density at radius 2 is 0.541 bits per heavy atom. The number of rotatable bonds is 20. The number of aryl methyl sites for hydroxylation is 8. The first-order chi connectivity index (χ1) is 64.3. The zero-order valence-electron chi connectivity index (χ0n) is 84.7. The first kappa shape index (κ1) is 115. The smallest absolute Gasteiger partial charge is 0.339 e. The third kappa shape index (κ3) is 38.4. The molecule has 0 unspecified atom stereocenters. The highest BCUT2D eigenvalue weighted by Crippen LogP contribution is 2.35. The van der Waals surface area contributed by atoms with Gasteiger partial charge in [0.25, 0.3) is 23.6 Å². The van der Waals surface area contributed by atoms with E-state index in [1.807, 2.05) is 232 Å². The lowest BCUT2D eigenvalue weighted by Gasteiger charge is -2.19. The van der Waals surface area contributed by atoms with Crippen LogP contribution in [0.25, 0.3) is 0 Å². The van der Waals surface area contributed by atoms with Crippen molar-refractivity contribution in [2.24, 2.45) is 20.6 Å². The van der Waals surface area contributed by atoms with Crippen molar-refractivity contribution in [3.8, 4) is 0 Å². The molecular formula is C108H149Cl3N8O16. The van der Waals surface area contributed by atoms with Gasteiger partial charge in [-0.1, -0.05) is 162 Å². The molecule has 4 aliphatic rings. The average molecular weight is 1920 g/mol. The monoisotopic (exact) mass is 1920 g/mol. The summed E-state index contributed by atoms with van der Waals surface area (Å²) in [7, 11) is 0. The summed E-state index contributed by atoms with van der Waals surface area (Å²) in [5, 5.41) is 18.7. The Hall–Kier alpha value is -10.7. The molecule has 4 aromatic carbocycles. The molecule has 0 bridgehead atoms. The Bertz CT molecular complexity index is 4730. The number of ether oxygens (including phenoxy) is 4. The molecule has 8 rings (SSSR count). The maximum Gasteiger partial charge on any atom is 0.339 e. The van der Waals surface area contributed by atoms with Crippen molar-refractivity contribution in [3.63, 3.8) is 0 Å². The highest BCUT2D eigenvalue weighted by Gasteiger charge is 2.29. The van der Waals surface area contributed by atoms with E-state index in [1.54, 1.807) is 19.6 Å². The molecule has 0 aromatic heterocycles. The number of amides is 4. The fourth-order valence-corrected chi connectivity index (χ4v) is 16.6. The number of allylic oxidation sites excluding steroid dienone is 12. The largest absolute Gasteiger partial charge is 0.459 e. The summed E-state index contributed by atoms with van der Waals surface area (Å²) in [6, 6.07) is 9.68. The summed E-state index contributed by atoms with van der Waals surface area (Å²) < 4.78 is 22.9. The third-order valence-corrected chi connectivity index (χ3v) is 24.8. The zero-order valence-corrected chi connectivity index (χ0v) is 86.9. The molecule has 27 heteroatoms. The second-order valence-corrected chi connectivity index (χ2v) is 36.0. The number of fused-ring (bicyclic) bond motifs is 4. The van der Waals surface area contributed by atoms with E-state index < -0.39 is 17.9 Å². The van der Waals surface area contributed by atoms with Gasteiger partial charge in [0.1, 0.15) is 24.4 Å². The molecular weight excluding hydrogens is 1770 g/mol. The number of hydrogen-bond donors (Lipinski definition) is 0. The third-order valence-electron chi connectivity index (χ3n) is 23.2. The summed E-state index contributed by atoms with van der Waals surface area (Å²) in [5.74, 6) is -1.98. The van der Waals surface area contributed by atoms with Gasteiger partial charge >= 0.3 is 23.9 Å². The van der Waals surface area contributed by atoms with Gasteiger partial charge in [0.2, 0.25) is 0 Å². The van der Waals surface area contributed by atoms with E-state index in [2.05, 4.69) is 57.9 Å². The molecule has 24 nitrogen and oxygen atoms in total. The SMILES string of the molecule is CCN(CC)C(=O)CO/N=C1/C=C(\C)CC/C=C/C[C@@H](C)OC(=O)c2c(C)cc(C)c(Cl)c2C1.CCN(CC)C(=O)CO/N=C1/C=C(\C)CC/C=C/C[C@@H](C)OC(=O)c2c(C)cc(C)cc2C1.CCN(CC)C(=O)CO/N=C1\C=C(/C)CC/C=C/C[C@@H](C)OC(=O)c2c(C)cc(C)c(Cl)c2C1.CCN(CC)C(=O)CO/N=C1\C=C(/C)CC/C=C/C[C@@H](C)OC(=O)c2c(C)cc(C)c(Cl)c2C1. The van der Waals surface area contributed by atoms with E-state index in [9.17, 15) is 38.4 Å². The lowest BCUT2D eigenvalue weighted by Crippen LogP contribution is -2.33. The normalized spacial score (nSPS) is 21.1. The van der Waals surface area contributed by atoms with Gasteiger partial charge in [-0.3, -0.25) is 19.2 Å². The van der Waals surface area contributed by atoms with Crippen LogP contribution in [0, 0.1) is 55.4 Å². The molecule has 0 radical (unpaired) electrons. The van der Waals surface area contributed by atoms with E-state index in [4.69, 9.17) is 73.1 Å². The number of carbonyl (C=O) groups is 8. The Morgan fingerprint density at radius 1 is 0.319 bits per heavy atom. The lowest BCUT2D eigenvalue weighted by molar-refractivity contribution is -0.136. The van der Waals surface area contributed by atoms with Crippen molar-refractivity contribution < 1.29 is 76.7 Å². The standard InChI is InChI=1S/3C27H37ClN2O4.C27H38N2O4/c3*1-7-30(8-2)24(31)17-33-29-22-14-18(3)12-10-9-11-13-21(6)34-27(32)25-19(4)15-20(5)26(28)23(25)16-22;1-7-29(8-2)25(30)18-32-28-24-16-19(3)12-10-9-11-13-22(6)33-27(31)26-21(5)14-20(4)15-23(26)17-24/h3*9,11,14-15,21H,7-8,10,12-13,16-17H2,1-6H3;9,11,14-16,22H,7-8,10,12-13,17-18H2,1-6H3/b2*11-9+,18-14+,29-22+;11-9+,18-14+,29-22-;11-9+,19-16+,28-24-/t3*21-;22-/m1111/s1. The van der Waals surface area contributed by atoms with Crippen LogP contribution in [0.3, 0.4) is 0 Å². The van der Waals surface area contributed by atoms with Crippen molar-refractivity contribution in [2.45, 2.75) is 293 Å². The molecule has 0 saturated heterocycles. The molecule has 4 aromatic rings. The number of likely N-dealkylation sites (N-methyl/N-ethyl adjacent to an activating group) is 4. The Labute approximate surface area is 818 Å². The van der Waals surface area contributed by atoms with Gasteiger partial charge in [0.15, 0.2) is 26.4 Å². The summed E-state index contributed by atoms with van der Waals surface area (Å²) >= 11 is 20.1. The Morgan fingerprint density at radius 3 is 0.778 bits per heavy atom. The summed E-state index contributed by atoms with van der Waals surface area (Å²) in [6.45, 7) is 50.9. The van der Waals surface area contributed by atoms with Crippen molar-refractivity contribution in [1.29, 1.82) is 0 Å². The van der Waals surface area contributed by atoms with Crippen molar-refractivity contribution in [3.05, 3.63) is 230 Å². The van der Waals surface area contributed by atoms with Crippen LogP contribution in [0.15, 0.2) is 146 Å². The molecule has 0 N–H and O–H groups in total. The fourth-order valence-electron chi connectivity index (χ4n) is 16.0. The molecule has 4 atom stereocenters. The fraction of sp³-hybridized carbons (Fsp3) is 0.519. The predicted molar refractivity (Wildman–Crippen MR) is 545 cm³/mol. The van der Waals surface area contributed by atoms with Gasteiger partial charge in [-0.05, 0) is 303 Å². The van der Waals surface area contributed by atoms with Crippen molar-refractivity contribution >= 4 is 105 Å². The highest BCUT2D eigenvalue weighted by atomic mass is 35.5. The minimum absolute atomic E-state index is 0.0965. The van der Waals surface area contributed by atoms with Gasteiger partial charge < -0.3 is 57.9 Å². The van der Waals surface area contributed by atoms with E-state index in [0.29, 0.717) is 161 Å². The van der Waals surface area contributed by atoms with Crippen LogP contribution in [-0.4, -0.2) is 193 Å². The number of cyclic esters (lactones) is 4. The van der Waals surface area contributed by atoms with Gasteiger partial charge in [-0.25, -0.2) is 19.2 Å². The summed E-state index contributed by atoms with van der Waals surface area (Å²) in [6.07, 6.45) is 34.4. The molecule has 0 fully saturated rings. The average Bonchev–Trinajstić information content (AvgIpc) is 0.795. The molecule has 4 aliphatic heterocycles. The van der Waals surface area contributed by atoms with E-state index >= 15 is 0 Å². The van der Waals surface area contributed by atoms with Gasteiger partial charge in [0, 0.05) is 119 Å². The lowest BCUT2D eigenvalue weighted by atomic mass is 9.94. The molecule has 0 saturated carbocycles. The number of halogens is 3. The number of benzene rings is 4. The number of carbonyl (C=O) groups excluding carboxylic acids is 8. The van der Waals surface area contributed by atoms with Crippen LogP contribution < -0.4 is 0 Å². The van der Waals surface area contributed by atoms with E-state index in [0.717, 1.165) is 124 Å². The van der Waals surface area contributed by atoms with Crippen LogP contribution in [0.2, 0.25) is 15.1 Å². The quantitative estimate of drug-likeness (QED) is 0.0344. The zero-order chi connectivity index (χ0) is 100.